The summed E-state index contributed by atoms with van der Waals surface area (Å²) in [5.74, 6) is 1.15. The molecule has 0 spiro atoms. The Balaban J connectivity index is 1.54. The number of benzene rings is 1. The molecule has 1 aliphatic rings. The van der Waals surface area contributed by atoms with E-state index in [1.54, 1.807) is 0 Å². The molecule has 0 atom stereocenters. The maximum absolute atomic E-state index is 12.6. The van der Waals surface area contributed by atoms with Gasteiger partial charge in [0.05, 0.1) is 5.69 Å². The van der Waals surface area contributed by atoms with Crippen molar-refractivity contribution in [3.05, 3.63) is 53.2 Å². The minimum atomic E-state index is 0.250. The van der Waals surface area contributed by atoms with Crippen LogP contribution in [0.3, 0.4) is 0 Å². The number of carbonyl (C=O) groups is 1. The molecule has 0 bridgehead atoms. The lowest BCUT2D eigenvalue weighted by atomic mass is 10.0. The topological polar surface area (TPSA) is 49.3 Å². The highest BCUT2D eigenvalue weighted by molar-refractivity contribution is 5.76. The van der Waals surface area contributed by atoms with Crippen molar-refractivity contribution < 1.29 is 4.79 Å². The average Bonchev–Trinajstić information content (AvgIpc) is 2.88. The molecule has 2 heterocycles. The largest absolute Gasteiger partial charge is 0.353 e. The molecule has 1 aliphatic heterocycles. The van der Waals surface area contributed by atoms with Crippen LogP contribution >= 0.6 is 0 Å². The van der Waals surface area contributed by atoms with E-state index in [-0.39, 0.29) is 5.91 Å². The van der Waals surface area contributed by atoms with Crippen molar-refractivity contribution >= 4 is 11.7 Å². The van der Waals surface area contributed by atoms with E-state index in [1.165, 1.54) is 11.1 Å². The van der Waals surface area contributed by atoms with Crippen molar-refractivity contribution in [3.63, 3.8) is 0 Å². The highest BCUT2D eigenvalue weighted by atomic mass is 16.2. The summed E-state index contributed by atoms with van der Waals surface area (Å²) in [5.41, 5.74) is 3.45. The Bertz CT molecular complexity index is 714. The number of amides is 1. The lowest BCUT2D eigenvalue weighted by molar-refractivity contribution is -0.130. The van der Waals surface area contributed by atoms with Crippen LogP contribution in [0.4, 0.5) is 5.82 Å². The molecular formula is C20H26N4O. The lowest BCUT2D eigenvalue weighted by Gasteiger charge is -2.22. The van der Waals surface area contributed by atoms with Crippen LogP contribution in [0.15, 0.2) is 36.4 Å². The van der Waals surface area contributed by atoms with Gasteiger partial charge in [-0.15, -0.1) is 5.10 Å². The molecule has 25 heavy (non-hydrogen) atoms. The molecule has 0 saturated carbocycles. The molecule has 0 aliphatic carbocycles. The summed E-state index contributed by atoms with van der Waals surface area (Å²) < 4.78 is 0. The number of carbonyl (C=O) groups excluding carboxylic acids is 1. The zero-order valence-electron chi connectivity index (χ0n) is 15.1. The molecule has 1 saturated heterocycles. The standard InChI is InChI=1S/C20H26N4O/c1-16-6-3-4-7-18(16)9-11-20(25)24-13-5-12-23(14-15-24)19-10-8-17(2)21-22-19/h3-4,6-8,10H,5,9,11-15H2,1-2H3. The zero-order valence-corrected chi connectivity index (χ0v) is 15.1. The van der Waals surface area contributed by atoms with Crippen molar-refractivity contribution in [3.8, 4) is 0 Å². The van der Waals surface area contributed by atoms with E-state index in [0.717, 1.165) is 50.5 Å². The van der Waals surface area contributed by atoms with Crippen LogP contribution in [0.25, 0.3) is 0 Å². The monoisotopic (exact) mass is 338 g/mol. The summed E-state index contributed by atoms with van der Waals surface area (Å²) in [5, 5.41) is 8.41. The van der Waals surface area contributed by atoms with Crippen molar-refractivity contribution in [1.29, 1.82) is 0 Å². The Hall–Kier alpha value is -2.43. The second-order valence-electron chi connectivity index (χ2n) is 6.68. The fourth-order valence-electron chi connectivity index (χ4n) is 3.25. The van der Waals surface area contributed by atoms with E-state index in [2.05, 4.69) is 34.2 Å². The van der Waals surface area contributed by atoms with Gasteiger partial charge in [-0.2, -0.15) is 5.10 Å². The molecule has 2 aromatic rings. The fraction of sp³-hybridized carbons (Fsp3) is 0.450. The van der Waals surface area contributed by atoms with Crippen LogP contribution < -0.4 is 4.90 Å². The third-order valence-corrected chi connectivity index (χ3v) is 4.83. The predicted octanol–water partition coefficient (Wildman–Crippen LogP) is 2.76. The first-order chi connectivity index (χ1) is 12.1. The fourth-order valence-corrected chi connectivity index (χ4v) is 3.25. The van der Waals surface area contributed by atoms with Crippen LogP contribution in [0, 0.1) is 13.8 Å². The number of aromatic nitrogens is 2. The zero-order chi connectivity index (χ0) is 17.6. The van der Waals surface area contributed by atoms with Gasteiger partial charge in [0.1, 0.15) is 0 Å². The van der Waals surface area contributed by atoms with Gasteiger partial charge < -0.3 is 9.80 Å². The number of nitrogens with zero attached hydrogens (tertiary/aromatic N) is 4. The highest BCUT2D eigenvalue weighted by Crippen LogP contribution is 2.15. The van der Waals surface area contributed by atoms with Gasteiger partial charge in [0.15, 0.2) is 5.82 Å². The van der Waals surface area contributed by atoms with Gasteiger partial charge in [-0.1, -0.05) is 24.3 Å². The van der Waals surface area contributed by atoms with Gasteiger partial charge in [0, 0.05) is 32.6 Å². The Morgan fingerprint density at radius 1 is 1.00 bits per heavy atom. The molecule has 132 valence electrons. The summed E-state index contributed by atoms with van der Waals surface area (Å²) in [6.07, 6.45) is 2.36. The second-order valence-corrected chi connectivity index (χ2v) is 6.68. The van der Waals surface area contributed by atoms with E-state index < -0.39 is 0 Å². The highest BCUT2D eigenvalue weighted by Gasteiger charge is 2.20. The average molecular weight is 338 g/mol. The maximum Gasteiger partial charge on any atom is 0.222 e. The summed E-state index contributed by atoms with van der Waals surface area (Å²) in [4.78, 5) is 16.8. The quantitative estimate of drug-likeness (QED) is 0.860. The summed E-state index contributed by atoms with van der Waals surface area (Å²) in [6.45, 7) is 7.35. The van der Waals surface area contributed by atoms with Crippen molar-refractivity contribution in [1.82, 2.24) is 15.1 Å². The van der Waals surface area contributed by atoms with E-state index >= 15 is 0 Å². The number of hydrogen-bond donors (Lipinski definition) is 0. The third kappa shape index (κ3) is 4.56. The Morgan fingerprint density at radius 3 is 2.60 bits per heavy atom. The Labute approximate surface area is 149 Å². The molecule has 0 unspecified atom stereocenters. The minimum absolute atomic E-state index is 0.250. The Kier molecular flexibility index (Phi) is 5.64. The molecular weight excluding hydrogens is 312 g/mol. The van der Waals surface area contributed by atoms with Gasteiger partial charge in [-0.3, -0.25) is 4.79 Å². The van der Waals surface area contributed by atoms with Crippen LogP contribution in [-0.2, 0) is 11.2 Å². The molecule has 3 rings (SSSR count). The first kappa shape index (κ1) is 17.4. The van der Waals surface area contributed by atoms with Crippen molar-refractivity contribution in [2.24, 2.45) is 0 Å². The first-order valence-electron chi connectivity index (χ1n) is 9.01. The van der Waals surface area contributed by atoms with E-state index in [0.29, 0.717) is 6.42 Å². The Morgan fingerprint density at radius 2 is 1.84 bits per heavy atom. The van der Waals surface area contributed by atoms with E-state index in [9.17, 15) is 4.79 Å². The predicted molar refractivity (Wildman–Crippen MR) is 99.7 cm³/mol. The molecule has 1 amide bonds. The van der Waals surface area contributed by atoms with Gasteiger partial charge in [-0.05, 0) is 49.9 Å². The third-order valence-electron chi connectivity index (χ3n) is 4.83. The number of aryl methyl sites for hydroxylation is 3. The van der Waals surface area contributed by atoms with Crippen LogP contribution in [0.5, 0.6) is 0 Å². The summed E-state index contributed by atoms with van der Waals surface area (Å²) in [7, 11) is 0. The summed E-state index contributed by atoms with van der Waals surface area (Å²) >= 11 is 0. The van der Waals surface area contributed by atoms with Gasteiger partial charge in [0.25, 0.3) is 0 Å². The summed E-state index contributed by atoms with van der Waals surface area (Å²) in [6, 6.07) is 12.3. The van der Waals surface area contributed by atoms with Crippen LogP contribution in [0.2, 0.25) is 0 Å². The SMILES string of the molecule is Cc1ccc(N2CCCN(C(=O)CCc3ccccc3C)CC2)nn1. The normalized spacial score (nSPS) is 15.1. The molecule has 0 radical (unpaired) electrons. The van der Waals surface area contributed by atoms with Gasteiger partial charge in [0.2, 0.25) is 5.91 Å². The van der Waals surface area contributed by atoms with Gasteiger partial charge in [-0.25, -0.2) is 0 Å². The smallest absolute Gasteiger partial charge is 0.222 e. The molecule has 5 heteroatoms. The van der Waals surface area contributed by atoms with Crippen molar-refractivity contribution in [2.75, 3.05) is 31.1 Å². The minimum Gasteiger partial charge on any atom is -0.353 e. The first-order valence-corrected chi connectivity index (χ1v) is 9.01. The number of hydrogen-bond acceptors (Lipinski definition) is 4. The number of rotatable bonds is 4. The second kappa shape index (κ2) is 8.10. The molecule has 5 nitrogen and oxygen atoms in total. The molecule has 0 N–H and O–H groups in total. The van der Waals surface area contributed by atoms with Crippen LogP contribution in [0.1, 0.15) is 29.7 Å². The molecule has 1 fully saturated rings. The van der Waals surface area contributed by atoms with Crippen LogP contribution in [-0.4, -0.2) is 47.2 Å². The maximum atomic E-state index is 12.6. The van der Waals surface area contributed by atoms with Crippen molar-refractivity contribution in [2.45, 2.75) is 33.1 Å². The van der Waals surface area contributed by atoms with E-state index in [4.69, 9.17) is 0 Å². The van der Waals surface area contributed by atoms with Gasteiger partial charge >= 0.3 is 0 Å². The lowest BCUT2D eigenvalue weighted by Crippen LogP contribution is -2.35. The molecule has 1 aromatic heterocycles. The number of anilines is 1. The molecule has 1 aromatic carbocycles. The van der Waals surface area contributed by atoms with E-state index in [1.807, 2.05) is 36.1 Å².